The summed E-state index contributed by atoms with van der Waals surface area (Å²) in [6, 6.07) is 29.3. The normalized spacial score (nSPS) is 16.1. The number of imidazole rings is 1. The van der Waals surface area contributed by atoms with Crippen LogP contribution in [0.5, 0.6) is 11.5 Å². The van der Waals surface area contributed by atoms with Gasteiger partial charge in [0.15, 0.2) is 17.3 Å². The van der Waals surface area contributed by atoms with Gasteiger partial charge in [0.1, 0.15) is 17.9 Å². The van der Waals surface area contributed by atoms with Crippen molar-refractivity contribution in [1.29, 1.82) is 0 Å². The molecule has 2 aromatic heterocycles. The number of rotatable bonds is 9. The molecule has 0 aliphatic carbocycles. The zero-order valence-electron chi connectivity index (χ0n) is 23.9. The summed E-state index contributed by atoms with van der Waals surface area (Å²) in [4.78, 5) is 33.4. The molecule has 5 aromatic rings. The van der Waals surface area contributed by atoms with Crippen molar-refractivity contribution in [2.45, 2.75) is 33.0 Å². The molecule has 43 heavy (non-hydrogen) atoms. The minimum Gasteiger partial charge on any atom is -0.505 e. The Balaban J connectivity index is 1.48. The van der Waals surface area contributed by atoms with Crippen molar-refractivity contribution < 1.29 is 24.2 Å². The first-order chi connectivity index (χ1) is 21.0. The Hall–Kier alpha value is -5.37. The predicted molar refractivity (Wildman–Crippen MR) is 163 cm³/mol. The van der Waals surface area contributed by atoms with Crippen LogP contribution in [-0.2, 0) is 22.7 Å². The summed E-state index contributed by atoms with van der Waals surface area (Å²) in [5.74, 6) is -0.716. The van der Waals surface area contributed by atoms with Gasteiger partial charge in [-0.1, -0.05) is 72.8 Å². The number of pyridine rings is 1. The lowest BCUT2D eigenvalue weighted by molar-refractivity contribution is -0.140. The Labute approximate surface area is 249 Å². The Morgan fingerprint density at radius 2 is 1.56 bits per heavy atom. The minimum atomic E-state index is -0.878. The highest BCUT2D eigenvalue weighted by atomic mass is 16.5. The van der Waals surface area contributed by atoms with Crippen molar-refractivity contribution in [2.75, 3.05) is 6.61 Å². The molecule has 8 nitrogen and oxygen atoms in total. The van der Waals surface area contributed by atoms with Gasteiger partial charge in [0.05, 0.1) is 23.9 Å². The molecule has 8 heteroatoms. The fourth-order valence-corrected chi connectivity index (χ4v) is 5.51. The van der Waals surface area contributed by atoms with E-state index < -0.39 is 17.7 Å². The van der Waals surface area contributed by atoms with Gasteiger partial charge in [0, 0.05) is 12.7 Å². The third-order valence-electron chi connectivity index (χ3n) is 7.48. The second-order valence-corrected chi connectivity index (χ2v) is 10.3. The van der Waals surface area contributed by atoms with E-state index in [-0.39, 0.29) is 17.9 Å². The van der Waals surface area contributed by atoms with Crippen molar-refractivity contribution >= 4 is 23.1 Å². The SMILES string of the molecule is CCOc1cc(C2/C(=C(\O)c3c(C)nc4ccccn34)C(=O)C(=O)N2Cc2ccccc2)ccc1OCc1ccccc1. The van der Waals surface area contributed by atoms with E-state index in [2.05, 4.69) is 4.98 Å². The number of aliphatic hydroxyl groups is 1. The van der Waals surface area contributed by atoms with E-state index in [1.165, 1.54) is 4.90 Å². The number of ketones is 1. The summed E-state index contributed by atoms with van der Waals surface area (Å²) >= 11 is 0. The standard InChI is InChI=1S/C35H31N3O5/c1-3-42-28-20-26(17-18-27(28)43-22-25-14-8-5-9-15-25)32-30(33(39)31-23(2)36-29-16-10-11-19-37(29)31)34(40)35(41)38(32)21-24-12-6-4-7-13-24/h4-20,32,39H,3,21-22H2,1-2H3/b33-30+. The molecule has 1 amide bonds. The van der Waals surface area contributed by atoms with Crippen LogP contribution in [0.25, 0.3) is 11.4 Å². The quantitative estimate of drug-likeness (QED) is 0.127. The molecule has 0 spiro atoms. The minimum absolute atomic E-state index is 0.00455. The fourth-order valence-electron chi connectivity index (χ4n) is 5.51. The molecule has 6 rings (SSSR count). The molecule has 0 radical (unpaired) electrons. The highest BCUT2D eigenvalue weighted by Gasteiger charge is 2.47. The zero-order valence-corrected chi connectivity index (χ0v) is 23.9. The second kappa shape index (κ2) is 11.9. The van der Waals surface area contributed by atoms with Crippen LogP contribution < -0.4 is 9.47 Å². The number of aliphatic hydroxyl groups excluding tert-OH is 1. The molecule has 1 unspecified atom stereocenters. The summed E-state index contributed by atoms with van der Waals surface area (Å²) in [7, 11) is 0. The number of aromatic nitrogens is 2. The van der Waals surface area contributed by atoms with E-state index in [1.807, 2.05) is 91.9 Å². The number of amides is 1. The number of Topliss-reactive ketones (excluding diaryl/α,β-unsaturated/α-hetero) is 1. The fraction of sp³-hybridized carbons (Fsp3) is 0.171. The summed E-state index contributed by atoms with van der Waals surface area (Å²) in [6.07, 6.45) is 1.77. The molecule has 0 bridgehead atoms. The van der Waals surface area contributed by atoms with E-state index in [1.54, 1.807) is 29.7 Å². The first-order valence-corrected chi connectivity index (χ1v) is 14.2. The average molecular weight is 574 g/mol. The zero-order chi connectivity index (χ0) is 29.9. The lowest BCUT2D eigenvalue weighted by Gasteiger charge is -2.26. The van der Waals surface area contributed by atoms with Crippen LogP contribution in [0.3, 0.4) is 0 Å². The van der Waals surface area contributed by atoms with Crippen molar-refractivity contribution in [2.24, 2.45) is 0 Å². The van der Waals surface area contributed by atoms with Gasteiger partial charge in [-0.05, 0) is 54.8 Å². The maximum atomic E-state index is 13.7. The molecule has 1 aliphatic heterocycles. The van der Waals surface area contributed by atoms with Crippen molar-refractivity contribution in [3.8, 4) is 11.5 Å². The number of hydrogen-bond donors (Lipinski definition) is 1. The van der Waals surface area contributed by atoms with E-state index in [0.717, 1.165) is 11.1 Å². The van der Waals surface area contributed by atoms with Crippen molar-refractivity contribution in [1.82, 2.24) is 14.3 Å². The largest absolute Gasteiger partial charge is 0.505 e. The lowest BCUT2D eigenvalue weighted by atomic mass is 9.95. The molecule has 3 aromatic carbocycles. The first kappa shape index (κ1) is 27.8. The van der Waals surface area contributed by atoms with Crippen LogP contribution in [0.15, 0.2) is 109 Å². The van der Waals surface area contributed by atoms with E-state index in [9.17, 15) is 14.7 Å². The van der Waals surface area contributed by atoms with Gasteiger partial charge in [-0.2, -0.15) is 0 Å². The van der Waals surface area contributed by atoms with Gasteiger partial charge in [0.25, 0.3) is 11.7 Å². The van der Waals surface area contributed by atoms with E-state index >= 15 is 0 Å². The van der Waals surface area contributed by atoms with Gasteiger partial charge in [0.2, 0.25) is 0 Å². The number of ether oxygens (including phenoxy) is 2. The monoisotopic (exact) mass is 573 g/mol. The summed E-state index contributed by atoms with van der Waals surface area (Å²) in [6.45, 7) is 4.55. The Kier molecular flexibility index (Phi) is 7.66. The smallest absolute Gasteiger partial charge is 0.295 e. The number of carbonyl (C=O) groups excluding carboxylic acids is 2. The molecular weight excluding hydrogens is 542 g/mol. The van der Waals surface area contributed by atoms with Gasteiger partial charge < -0.3 is 19.5 Å². The predicted octanol–water partition coefficient (Wildman–Crippen LogP) is 6.24. The molecule has 0 saturated carbocycles. The van der Waals surface area contributed by atoms with Crippen LogP contribution in [0, 0.1) is 6.92 Å². The topological polar surface area (TPSA) is 93.4 Å². The summed E-state index contributed by atoms with van der Waals surface area (Å²) < 4.78 is 13.8. The number of nitrogens with zero attached hydrogens (tertiary/aromatic N) is 3. The number of hydrogen-bond acceptors (Lipinski definition) is 6. The van der Waals surface area contributed by atoms with E-state index in [4.69, 9.17) is 9.47 Å². The Bertz CT molecular complexity index is 1830. The molecule has 1 atom stereocenters. The summed E-state index contributed by atoms with van der Waals surface area (Å²) in [5.41, 5.74) is 3.99. The summed E-state index contributed by atoms with van der Waals surface area (Å²) in [5, 5.41) is 11.8. The molecule has 1 fully saturated rings. The number of fused-ring (bicyclic) bond motifs is 1. The van der Waals surface area contributed by atoms with Crippen LogP contribution in [0.2, 0.25) is 0 Å². The molecule has 1 aliphatic rings. The Morgan fingerprint density at radius 1 is 0.860 bits per heavy atom. The third kappa shape index (κ3) is 5.35. The first-order valence-electron chi connectivity index (χ1n) is 14.2. The number of aryl methyl sites for hydroxylation is 1. The molecule has 1 N–H and O–H groups in total. The van der Waals surface area contributed by atoms with Crippen LogP contribution in [0.1, 0.15) is 41.0 Å². The average Bonchev–Trinajstić information content (AvgIpc) is 3.49. The molecular formula is C35H31N3O5. The number of likely N-dealkylation sites (tertiary alicyclic amines) is 1. The number of benzene rings is 3. The Morgan fingerprint density at radius 3 is 2.28 bits per heavy atom. The second-order valence-electron chi connectivity index (χ2n) is 10.3. The molecule has 3 heterocycles. The van der Waals surface area contributed by atoms with Crippen LogP contribution in [0.4, 0.5) is 0 Å². The highest BCUT2D eigenvalue weighted by Crippen LogP contribution is 2.43. The maximum absolute atomic E-state index is 13.7. The highest BCUT2D eigenvalue weighted by molar-refractivity contribution is 6.46. The third-order valence-corrected chi connectivity index (χ3v) is 7.48. The van der Waals surface area contributed by atoms with Crippen LogP contribution in [-0.4, -0.2) is 37.7 Å². The van der Waals surface area contributed by atoms with E-state index in [0.29, 0.717) is 47.3 Å². The van der Waals surface area contributed by atoms with Gasteiger partial charge in [-0.15, -0.1) is 0 Å². The maximum Gasteiger partial charge on any atom is 0.295 e. The van der Waals surface area contributed by atoms with Crippen LogP contribution >= 0.6 is 0 Å². The van der Waals surface area contributed by atoms with Crippen molar-refractivity contribution in [3.63, 3.8) is 0 Å². The lowest BCUT2D eigenvalue weighted by Crippen LogP contribution is -2.29. The van der Waals surface area contributed by atoms with Gasteiger partial charge >= 0.3 is 0 Å². The van der Waals surface area contributed by atoms with Gasteiger partial charge in [-0.3, -0.25) is 14.0 Å². The van der Waals surface area contributed by atoms with Gasteiger partial charge in [-0.25, -0.2) is 4.98 Å². The number of carbonyl (C=O) groups is 2. The van der Waals surface area contributed by atoms with Crippen molar-refractivity contribution in [3.05, 3.63) is 137 Å². The molecule has 1 saturated heterocycles. The molecule has 216 valence electrons.